The number of nitrogens with zero attached hydrogens (tertiary/aromatic N) is 6. The molecule has 2 aromatic heterocycles. The number of carbonyl (C=O) groups is 1. The van der Waals surface area contributed by atoms with Crippen LogP contribution in [0.4, 0.5) is 5.82 Å². The van der Waals surface area contributed by atoms with Crippen LogP contribution in [-0.2, 0) is 24.8 Å². The molecule has 2 fully saturated rings. The van der Waals surface area contributed by atoms with Crippen molar-refractivity contribution >= 4 is 11.7 Å². The average Bonchev–Trinajstić information content (AvgIpc) is 3.51. The molecule has 30 heavy (non-hydrogen) atoms. The summed E-state index contributed by atoms with van der Waals surface area (Å²) in [6.45, 7) is 8.04. The molecule has 1 amide bonds. The molecule has 0 N–H and O–H groups in total. The van der Waals surface area contributed by atoms with Crippen LogP contribution in [0.2, 0.25) is 0 Å². The van der Waals surface area contributed by atoms with Crippen molar-refractivity contribution in [3.63, 3.8) is 0 Å². The molecule has 3 aliphatic rings. The van der Waals surface area contributed by atoms with Crippen molar-refractivity contribution in [2.24, 2.45) is 13.0 Å². The summed E-state index contributed by atoms with van der Waals surface area (Å²) in [7, 11) is 2.00. The number of likely N-dealkylation sites (tertiary alicyclic amines) is 1. The third-order valence-corrected chi connectivity index (χ3v) is 7.09. The van der Waals surface area contributed by atoms with Crippen LogP contribution in [-0.4, -0.2) is 50.2 Å². The summed E-state index contributed by atoms with van der Waals surface area (Å²) in [5.74, 6) is 3.04. The Morgan fingerprint density at radius 3 is 2.70 bits per heavy atom. The number of amides is 1. The third-order valence-electron chi connectivity index (χ3n) is 7.09. The number of hydrogen-bond acceptors (Lipinski definition) is 5. The van der Waals surface area contributed by atoms with Gasteiger partial charge in [0.05, 0.1) is 6.20 Å². The van der Waals surface area contributed by atoms with E-state index in [1.807, 2.05) is 22.8 Å². The van der Waals surface area contributed by atoms with E-state index in [2.05, 4.69) is 23.8 Å². The number of rotatable bonds is 5. The largest absolute Gasteiger partial charge is 0.298 e. The number of aromatic nitrogens is 4. The second-order valence-electron chi connectivity index (χ2n) is 9.37. The smallest absolute Gasteiger partial charge is 0.228 e. The van der Waals surface area contributed by atoms with Gasteiger partial charge in [0.2, 0.25) is 5.91 Å². The monoisotopic (exact) mass is 408 g/mol. The standard InChI is InChI=1S/C23H32N6O/c1-15-20-8-9-21(30)29(12-17-6-7-17)23(20)26-22(25-15)18-5-4-10-28(13-18)14-19-11-24-27(3)16(19)2/h11,17-18H,4-10,12-14H2,1-3H3/t18-/m1/s1. The first kappa shape index (κ1) is 19.7. The number of carbonyl (C=O) groups excluding carboxylic acids is 1. The molecule has 0 unspecified atom stereocenters. The molecule has 1 saturated carbocycles. The fraction of sp³-hybridized carbons (Fsp3) is 0.652. The van der Waals surface area contributed by atoms with E-state index in [9.17, 15) is 4.79 Å². The second-order valence-corrected chi connectivity index (χ2v) is 9.37. The van der Waals surface area contributed by atoms with Gasteiger partial charge in [0.15, 0.2) is 0 Å². The van der Waals surface area contributed by atoms with Crippen LogP contribution in [0.15, 0.2) is 6.20 Å². The third kappa shape index (κ3) is 3.75. The predicted octanol–water partition coefficient (Wildman–Crippen LogP) is 2.90. The maximum absolute atomic E-state index is 12.7. The Morgan fingerprint density at radius 2 is 1.97 bits per heavy atom. The van der Waals surface area contributed by atoms with E-state index in [0.29, 0.717) is 18.3 Å². The van der Waals surface area contributed by atoms with Crippen LogP contribution in [0.5, 0.6) is 0 Å². The molecule has 5 rings (SSSR count). The van der Waals surface area contributed by atoms with Crippen molar-refractivity contribution in [2.45, 2.75) is 64.8 Å². The van der Waals surface area contributed by atoms with Crippen LogP contribution in [0.25, 0.3) is 0 Å². The number of aryl methyl sites for hydroxylation is 2. The topological polar surface area (TPSA) is 67.2 Å². The maximum Gasteiger partial charge on any atom is 0.228 e. The van der Waals surface area contributed by atoms with Crippen molar-refractivity contribution in [1.29, 1.82) is 0 Å². The molecule has 1 saturated heterocycles. The lowest BCUT2D eigenvalue weighted by molar-refractivity contribution is -0.119. The highest BCUT2D eigenvalue weighted by Gasteiger charge is 2.34. The number of fused-ring (bicyclic) bond motifs is 1. The Kier molecular flexibility index (Phi) is 5.09. The zero-order chi connectivity index (χ0) is 20.8. The highest BCUT2D eigenvalue weighted by molar-refractivity contribution is 5.95. The van der Waals surface area contributed by atoms with Gasteiger partial charge in [-0.3, -0.25) is 19.3 Å². The Labute approximate surface area is 178 Å². The molecular formula is C23H32N6O. The summed E-state index contributed by atoms with van der Waals surface area (Å²) in [5, 5.41) is 4.39. The van der Waals surface area contributed by atoms with E-state index in [1.54, 1.807) is 0 Å². The van der Waals surface area contributed by atoms with Gasteiger partial charge in [0.25, 0.3) is 0 Å². The molecule has 0 spiro atoms. The Hall–Kier alpha value is -2.28. The molecule has 1 aliphatic carbocycles. The first-order valence-corrected chi connectivity index (χ1v) is 11.4. The molecule has 160 valence electrons. The summed E-state index contributed by atoms with van der Waals surface area (Å²) < 4.78 is 1.94. The lowest BCUT2D eigenvalue weighted by atomic mass is 9.95. The van der Waals surface area contributed by atoms with Gasteiger partial charge in [-0.2, -0.15) is 5.10 Å². The van der Waals surface area contributed by atoms with Gasteiger partial charge in [0.1, 0.15) is 11.6 Å². The Balaban J connectivity index is 1.38. The molecule has 2 aromatic rings. The molecule has 7 nitrogen and oxygen atoms in total. The normalized spacial score (nSPS) is 22.4. The van der Waals surface area contributed by atoms with E-state index in [0.717, 1.165) is 62.8 Å². The minimum Gasteiger partial charge on any atom is -0.298 e. The maximum atomic E-state index is 12.7. The second kappa shape index (κ2) is 7.76. The summed E-state index contributed by atoms with van der Waals surface area (Å²) >= 11 is 0. The SMILES string of the molecule is Cc1nc([C@@H]2CCCN(Cc3cnn(C)c3C)C2)nc2c1CCC(=O)N2CC1CC1. The lowest BCUT2D eigenvalue weighted by Gasteiger charge is -2.34. The van der Waals surface area contributed by atoms with Crippen molar-refractivity contribution in [3.05, 3.63) is 34.5 Å². The Bertz CT molecular complexity index is 963. The van der Waals surface area contributed by atoms with Gasteiger partial charge in [-0.15, -0.1) is 0 Å². The van der Waals surface area contributed by atoms with Gasteiger partial charge in [-0.25, -0.2) is 9.97 Å². The number of hydrogen-bond donors (Lipinski definition) is 0. The molecule has 4 heterocycles. The number of anilines is 1. The van der Waals surface area contributed by atoms with E-state index in [4.69, 9.17) is 9.97 Å². The van der Waals surface area contributed by atoms with Crippen molar-refractivity contribution in [3.8, 4) is 0 Å². The van der Waals surface area contributed by atoms with Crippen molar-refractivity contribution < 1.29 is 4.79 Å². The van der Waals surface area contributed by atoms with E-state index >= 15 is 0 Å². The van der Waals surface area contributed by atoms with Crippen molar-refractivity contribution in [1.82, 2.24) is 24.6 Å². The average molecular weight is 409 g/mol. The zero-order valence-corrected chi connectivity index (χ0v) is 18.4. The quantitative estimate of drug-likeness (QED) is 0.761. The van der Waals surface area contributed by atoms with Gasteiger partial charge in [0, 0.05) is 61.5 Å². The molecule has 2 aliphatic heterocycles. The summed E-state index contributed by atoms with van der Waals surface area (Å²) in [4.78, 5) is 27.1. The number of piperidine rings is 1. The first-order chi connectivity index (χ1) is 14.5. The minimum absolute atomic E-state index is 0.232. The van der Waals surface area contributed by atoms with Gasteiger partial charge in [-0.05, 0) is 58.4 Å². The van der Waals surface area contributed by atoms with Crippen LogP contribution in [0.1, 0.15) is 66.4 Å². The van der Waals surface area contributed by atoms with Gasteiger partial charge >= 0.3 is 0 Å². The highest BCUT2D eigenvalue weighted by atomic mass is 16.2. The van der Waals surface area contributed by atoms with Crippen LogP contribution >= 0.6 is 0 Å². The van der Waals surface area contributed by atoms with Gasteiger partial charge < -0.3 is 0 Å². The molecule has 0 aromatic carbocycles. The van der Waals surface area contributed by atoms with Crippen LogP contribution in [0, 0.1) is 19.8 Å². The van der Waals surface area contributed by atoms with Gasteiger partial charge in [-0.1, -0.05) is 0 Å². The van der Waals surface area contributed by atoms with Crippen molar-refractivity contribution in [2.75, 3.05) is 24.5 Å². The Morgan fingerprint density at radius 1 is 1.13 bits per heavy atom. The summed E-state index contributed by atoms with van der Waals surface area (Å²) in [6, 6.07) is 0. The fourth-order valence-corrected chi connectivity index (χ4v) is 4.88. The lowest BCUT2D eigenvalue weighted by Crippen LogP contribution is -2.39. The van der Waals surface area contributed by atoms with E-state index in [-0.39, 0.29) is 5.91 Å². The zero-order valence-electron chi connectivity index (χ0n) is 18.4. The minimum atomic E-state index is 0.232. The summed E-state index contributed by atoms with van der Waals surface area (Å²) in [6.07, 6.45) is 8.08. The first-order valence-electron chi connectivity index (χ1n) is 11.4. The molecule has 0 radical (unpaired) electrons. The van der Waals surface area contributed by atoms with E-state index in [1.165, 1.54) is 29.7 Å². The fourth-order valence-electron chi connectivity index (χ4n) is 4.88. The molecule has 1 atom stereocenters. The molecule has 0 bridgehead atoms. The molecular weight excluding hydrogens is 376 g/mol. The summed E-state index contributed by atoms with van der Waals surface area (Å²) in [5.41, 5.74) is 4.76. The molecule has 7 heteroatoms. The highest BCUT2D eigenvalue weighted by Crippen LogP contribution is 2.36. The van der Waals surface area contributed by atoms with Crippen LogP contribution < -0.4 is 4.90 Å². The van der Waals surface area contributed by atoms with E-state index < -0.39 is 0 Å². The predicted molar refractivity (Wildman–Crippen MR) is 115 cm³/mol. The van der Waals surface area contributed by atoms with Crippen LogP contribution in [0.3, 0.4) is 0 Å².